The zero-order valence-corrected chi connectivity index (χ0v) is 8.32. The number of likely N-dealkylation sites (N-methyl/N-ethyl adjacent to an activating group) is 1. The van der Waals surface area contributed by atoms with E-state index in [1.807, 2.05) is 0 Å². The Hall–Kier alpha value is -0.160. The average molecular weight is 185 g/mol. The van der Waals surface area contributed by atoms with Gasteiger partial charge in [0, 0.05) is 39.3 Å². The molecule has 0 aromatic rings. The van der Waals surface area contributed by atoms with Crippen LogP contribution in [0.1, 0.15) is 0 Å². The van der Waals surface area contributed by atoms with E-state index in [4.69, 9.17) is 5.11 Å². The second-order valence-corrected chi connectivity index (χ2v) is 4.25. The Morgan fingerprint density at radius 2 is 1.69 bits per heavy atom. The number of aliphatic hydroxyl groups is 1. The minimum absolute atomic E-state index is 0.0625. The van der Waals surface area contributed by atoms with Crippen LogP contribution in [-0.2, 0) is 0 Å². The topological polar surface area (TPSA) is 30.0 Å². The first kappa shape index (κ1) is 9.40. The highest BCUT2D eigenvalue weighted by molar-refractivity contribution is 4.79. The second kappa shape index (κ2) is 3.92. The third-order valence-electron chi connectivity index (χ3n) is 2.93. The van der Waals surface area contributed by atoms with Crippen molar-refractivity contribution in [2.45, 2.75) is 6.10 Å². The number of nitrogens with zero attached hydrogens (tertiary/aromatic N) is 3. The van der Waals surface area contributed by atoms with Gasteiger partial charge in [-0.25, -0.2) is 0 Å². The SMILES string of the molecule is CN1CCN(CN2CC(O)C2)CC1. The van der Waals surface area contributed by atoms with Gasteiger partial charge in [0.05, 0.1) is 12.8 Å². The van der Waals surface area contributed by atoms with Crippen LogP contribution in [0.5, 0.6) is 0 Å². The fraction of sp³-hybridized carbons (Fsp3) is 1.00. The molecule has 0 saturated carbocycles. The summed E-state index contributed by atoms with van der Waals surface area (Å²) in [6.45, 7) is 7.47. The number of aliphatic hydroxyl groups excluding tert-OH is 1. The highest BCUT2D eigenvalue weighted by Gasteiger charge is 2.26. The lowest BCUT2D eigenvalue weighted by atomic mass is 10.2. The lowest BCUT2D eigenvalue weighted by Gasteiger charge is -2.41. The van der Waals surface area contributed by atoms with Crippen LogP contribution in [-0.4, -0.2) is 78.9 Å². The zero-order chi connectivity index (χ0) is 9.26. The molecule has 0 aliphatic carbocycles. The van der Waals surface area contributed by atoms with Crippen molar-refractivity contribution in [3.05, 3.63) is 0 Å². The third-order valence-corrected chi connectivity index (χ3v) is 2.93. The molecule has 2 saturated heterocycles. The highest BCUT2D eigenvalue weighted by Crippen LogP contribution is 2.09. The van der Waals surface area contributed by atoms with Gasteiger partial charge in [-0.05, 0) is 7.05 Å². The third kappa shape index (κ3) is 2.40. The molecule has 0 unspecified atom stereocenters. The maximum Gasteiger partial charge on any atom is 0.0794 e. The summed E-state index contributed by atoms with van der Waals surface area (Å²) in [7, 11) is 2.17. The van der Waals surface area contributed by atoms with Gasteiger partial charge in [-0.3, -0.25) is 9.80 Å². The first-order valence-electron chi connectivity index (χ1n) is 5.05. The molecule has 4 heteroatoms. The molecule has 4 nitrogen and oxygen atoms in total. The smallest absolute Gasteiger partial charge is 0.0794 e. The van der Waals surface area contributed by atoms with Crippen LogP contribution in [0, 0.1) is 0 Å². The van der Waals surface area contributed by atoms with Crippen molar-refractivity contribution >= 4 is 0 Å². The normalized spacial score (nSPS) is 29.1. The van der Waals surface area contributed by atoms with Crippen LogP contribution < -0.4 is 0 Å². The minimum Gasteiger partial charge on any atom is -0.390 e. The molecule has 2 rings (SSSR count). The van der Waals surface area contributed by atoms with E-state index in [2.05, 4.69) is 21.7 Å². The molecule has 2 fully saturated rings. The maximum absolute atomic E-state index is 9.12. The number of hydrogen-bond donors (Lipinski definition) is 1. The van der Waals surface area contributed by atoms with E-state index in [9.17, 15) is 0 Å². The fourth-order valence-electron chi connectivity index (χ4n) is 1.93. The van der Waals surface area contributed by atoms with E-state index in [1.165, 1.54) is 26.2 Å². The molecule has 13 heavy (non-hydrogen) atoms. The van der Waals surface area contributed by atoms with Crippen molar-refractivity contribution in [3.8, 4) is 0 Å². The van der Waals surface area contributed by atoms with Crippen molar-refractivity contribution < 1.29 is 5.11 Å². The Balaban J connectivity index is 1.65. The Labute approximate surface area is 79.7 Å². The quantitative estimate of drug-likeness (QED) is 0.589. The number of likely N-dealkylation sites (tertiary alicyclic amines) is 1. The van der Waals surface area contributed by atoms with Crippen molar-refractivity contribution in [2.24, 2.45) is 0 Å². The standard InChI is InChI=1S/C9H19N3O/c1-10-2-4-11(5-3-10)8-12-6-9(13)7-12/h9,13H,2-8H2,1H3. The molecule has 0 amide bonds. The highest BCUT2D eigenvalue weighted by atomic mass is 16.3. The van der Waals surface area contributed by atoms with Crippen molar-refractivity contribution in [1.29, 1.82) is 0 Å². The van der Waals surface area contributed by atoms with Gasteiger partial charge in [-0.1, -0.05) is 0 Å². The van der Waals surface area contributed by atoms with Gasteiger partial charge in [0.2, 0.25) is 0 Å². The average Bonchev–Trinajstić information content (AvgIpc) is 2.06. The number of piperazine rings is 1. The predicted octanol–water partition coefficient (Wildman–Crippen LogP) is -1.13. The summed E-state index contributed by atoms with van der Waals surface area (Å²) in [4.78, 5) is 7.13. The van der Waals surface area contributed by atoms with E-state index < -0.39 is 0 Å². The Morgan fingerprint density at radius 3 is 2.23 bits per heavy atom. The second-order valence-electron chi connectivity index (χ2n) is 4.25. The van der Waals surface area contributed by atoms with Gasteiger partial charge in [0.15, 0.2) is 0 Å². The summed E-state index contributed by atoms with van der Waals surface area (Å²) < 4.78 is 0. The van der Waals surface area contributed by atoms with Crippen LogP contribution in [0.25, 0.3) is 0 Å². The molecule has 2 aliphatic heterocycles. The first-order valence-corrected chi connectivity index (χ1v) is 5.05. The van der Waals surface area contributed by atoms with E-state index in [-0.39, 0.29) is 6.10 Å². The first-order chi connectivity index (χ1) is 6.24. The van der Waals surface area contributed by atoms with Gasteiger partial charge in [0.1, 0.15) is 0 Å². The summed E-state index contributed by atoms with van der Waals surface area (Å²) in [6.07, 6.45) is -0.0625. The molecule has 2 aliphatic rings. The summed E-state index contributed by atoms with van der Waals surface area (Å²) in [5, 5.41) is 9.12. The molecule has 0 atom stereocenters. The zero-order valence-electron chi connectivity index (χ0n) is 8.32. The molecule has 1 N–H and O–H groups in total. The van der Waals surface area contributed by atoms with Gasteiger partial charge < -0.3 is 10.0 Å². The summed E-state index contributed by atoms with van der Waals surface area (Å²) in [5.74, 6) is 0. The van der Waals surface area contributed by atoms with Crippen LogP contribution >= 0.6 is 0 Å². The lowest BCUT2D eigenvalue weighted by Crippen LogP contribution is -2.57. The molecule has 0 bridgehead atoms. The van der Waals surface area contributed by atoms with Crippen LogP contribution in [0.4, 0.5) is 0 Å². The lowest BCUT2D eigenvalue weighted by molar-refractivity contribution is -0.0363. The summed E-state index contributed by atoms with van der Waals surface area (Å²) in [6, 6.07) is 0. The molecule has 76 valence electrons. The minimum atomic E-state index is -0.0625. The van der Waals surface area contributed by atoms with Crippen LogP contribution in [0.15, 0.2) is 0 Å². The molecule has 2 heterocycles. The monoisotopic (exact) mass is 185 g/mol. The predicted molar refractivity (Wildman–Crippen MR) is 51.5 cm³/mol. The largest absolute Gasteiger partial charge is 0.390 e. The number of β-amino-alcohol motifs (C(OH)–C–C–N with tert-alkyl or cyclic N) is 1. The van der Waals surface area contributed by atoms with Crippen LogP contribution in [0.3, 0.4) is 0 Å². The molecule has 0 aromatic heterocycles. The molecular formula is C9H19N3O. The van der Waals surface area contributed by atoms with E-state index >= 15 is 0 Å². The van der Waals surface area contributed by atoms with Gasteiger partial charge >= 0.3 is 0 Å². The van der Waals surface area contributed by atoms with Crippen molar-refractivity contribution in [3.63, 3.8) is 0 Å². The van der Waals surface area contributed by atoms with E-state index in [0.717, 1.165) is 19.8 Å². The van der Waals surface area contributed by atoms with Gasteiger partial charge in [0.25, 0.3) is 0 Å². The maximum atomic E-state index is 9.12. The van der Waals surface area contributed by atoms with E-state index in [1.54, 1.807) is 0 Å². The Bertz CT molecular complexity index is 162. The van der Waals surface area contributed by atoms with Crippen molar-refractivity contribution in [1.82, 2.24) is 14.7 Å². The Kier molecular flexibility index (Phi) is 2.83. The summed E-state index contributed by atoms with van der Waals surface area (Å²) in [5.41, 5.74) is 0. The van der Waals surface area contributed by atoms with Crippen LogP contribution in [0.2, 0.25) is 0 Å². The molecule has 0 radical (unpaired) electrons. The number of hydrogen-bond acceptors (Lipinski definition) is 4. The summed E-state index contributed by atoms with van der Waals surface area (Å²) >= 11 is 0. The Morgan fingerprint density at radius 1 is 1.08 bits per heavy atom. The molecule has 0 aromatic carbocycles. The fourth-order valence-corrected chi connectivity index (χ4v) is 1.93. The number of rotatable bonds is 2. The molecular weight excluding hydrogens is 166 g/mol. The van der Waals surface area contributed by atoms with Gasteiger partial charge in [-0.15, -0.1) is 0 Å². The molecule has 0 spiro atoms. The van der Waals surface area contributed by atoms with Gasteiger partial charge in [-0.2, -0.15) is 0 Å². The van der Waals surface area contributed by atoms with Crippen molar-refractivity contribution in [2.75, 3.05) is 53.0 Å². The van der Waals surface area contributed by atoms with E-state index in [0.29, 0.717) is 0 Å².